The van der Waals surface area contributed by atoms with Crippen molar-refractivity contribution in [3.05, 3.63) is 29.8 Å². The highest BCUT2D eigenvalue weighted by Gasteiger charge is 2.32. The number of amides is 2. The second-order valence-electron chi connectivity index (χ2n) is 7.14. The molecule has 148 valence electrons. The molecule has 0 aliphatic carbocycles. The van der Waals surface area contributed by atoms with Gasteiger partial charge in [0.25, 0.3) is 5.91 Å². The Kier molecular flexibility index (Phi) is 5.83. The van der Waals surface area contributed by atoms with Crippen LogP contribution in [0.15, 0.2) is 29.2 Å². The second-order valence-corrected chi connectivity index (χ2v) is 9.08. The van der Waals surface area contributed by atoms with E-state index in [-0.39, 0.29) is 48.4 Å². The van der Waals surface area contributed by atoms with E-state index >= 15 is 0 Å². The Morgan fingerprint density at radius 2 is 2.07 bits per heavy atom. The van der Waals surface area contributed by atoms with E-state index in [1.54, 1.807) is 17.0 Å². The average Bonchev–Trinajstić information content (AvgIpc) is 2.67. The summed E-state index contributed by atoms with van der Waals surface area (Å²) in [4.78, 5) is 26.3. The van der Waals surface area contributed by atoms with Crippen molar-refractivity contribution in [1.29, 1.82) is 0 Å². The number of nitrogens with zero attached hydrogens (tertiary/aromatic N) is 2. The van der Waals surface area contributed by atoms with Gasteiger partial charge in [0.1, 0.15) is 0 Å². The summed E-state index contributed by atoms with van der Waals surface area (Å²) >= 11 is 0. The minimum absolute atomic E-state index is 0.0254. The summed E-state index contributed by atoms with van der Waals surface area (Å²) in [6.07, 6.45) is 2.79. The van der Waals surface area contributed by atoms with Crippen molar-refractivity contribution in [2.45, 2.75) is 43.2 Å². The Balaban J connectivity index is 1.86. The molecule has 2 unspecified atom stereocenters. The molecule has 0 bridgehead atoms. The second kappa shape index (κ2) is 7.95. The lowest BCUT2D eigenvalue weighted by Crippen LogP contribution is -2.51. The van der Waals surface area contributed by atoms with Crippen LogP contribution in [0.3, 0.4) is 0 Å². The van der Waals surface area contributed by atoms with Gasteiger partial charge in [-0.3, -0.25) is 9.59 Å². The van der Waals surface area contributed by atoms with Gasteiger partial charge in [-0.15, -0.1) is 0 Å². The van der Waals surface area contributed by atoms with E-state index in [4.69, 9.17) is 5.73 Å². The van der Waals surface area contributed by atoms with E-state index in [2.05, 4.69) is 5.32 Å². The summed E-state index contributed by atoms with van der Waals surface area (Å²) in [5.41, 5.74) is 6.37. The number of rotatable bonds is 4. The van der Waals surface area contributed by atoms with Crippen LogP contribution in [-0.2, 0) is 14.8 Å². The zero-order valence-corrected chi connectivity index (χ0v) is 16.2. The lowest BCUT2D eigenvalue weighted by molar-refractivity contribution is -0.122. The van der Waals surface area contributed by atoms with Crippen molar-refractivity contribution >= 4 is 21.8 Å². The molecule has 27 heavy (non-hydrogen) atoms. The fraction of sp³-hybridized carbons (Fsp3) is 0.556. The molecule has 2 heterocycles. The molecule has 0 aromatic heterocycles. The molecule has 1 aromatic rings. The number of nitrogens with two attached hydrogens (primary N) is 1. The Hall–Kier alpha value is -1.97. The van der Waals surface area contributed by atoms with E-state index in [0.29, 0.717) is 12.1 Å². The number of sulfonamides is 1. The zero-order valence-electron chi connectivity index (χ0n) is 15.4. The summed E-state index contributed by atoms with van der Waals surface area (Å²) in [5.74, 6) is -0.532. The van der Waals surface area contributed by atoms with Gasteiger partial charge < -0.3 is 16.0 Å². The van der Waals surface area contributed by atoms with Crippen LogP contribution in [0, 0.1) is 0 Å². The Labute approximate surface area is 159 Å². The van der Waals surface area contributed by atoms with Crippen LogP contribution < -0.4 is 11.1 Å². The molecular formula is C18H26N4O4S. The lowest BCUT2D eigenvalue weighted by Gasteiger charge is -2.38. The van der Waals surface area contributed by atoms with Crippen molar-refractivity contribution in [3.8, 4) is 0 Å². The highest BCUT2D eigenvalue weighted by molar-refractivity contribution is 7.89. The summed E-state index contributed by atoms with van der Waals surface area (Å²) < 4.78 is 26.9. The summed E-state index contributed by atoms with van der Waals surface area (Å²) in [6.45, 7) is 2.79. The maximum absolute atomic E-state index is 13.0. The van der Waals surface area contributed by atoms with Crippen molar-refractivity contribution in [2.75, 3.05) is 26.2 Å². The normalized spacial score (nSPS) is 23.0. The first-order chi connectivity index (χ1) is 12.8. The molecule has 2 aliphatic rings. The first-order valence-electron chi connectivity index (χ1n) is 9.24. The molecule has 3 N–H and O–H groups in total. The lowest BCUT2D eigenvalue weighted by atomic mass is 9.96. The van der Waals surface area contributed by atoms with Crippen molar-refractivity contribution < 1.29 is 18.0 Å². The first kappa shape index (κ1) is 19.8. The highest BCUT2D eigenvalue weighted by atomic mass is 32.2. The number of hydrogen-bond acceptors (Lipinski definition) is 5. The molecule has 2 amide bonds. The van der Waals surface area contributed by atoms with Crippen LogP contribution in [-0.4, -0.2) is 67.7 Å². The molecule has 3 rings (SSSR count). The van der Waals surface area contributed by atoms with Gasteiger partial charge in [-0.25, -0.2) is 8.42 Å². The molecule has 2 atom stereocenters. The standard InChI is InChI=1S/C18H26N4O4S/c1-13(19)16-7-2-3-9-22(16)18(24)14-5-4-6-15(11-14)27(25,26)21-10-8-20-17(23)12-21/h4-6,11,13,16H,2-3,7-10,12,19H2,1H3,(H,20,23). The fourth-order valence-electron chi connectivity index (χ4n) is 3.68. The molecule has 0 spiro atoms. The van der Waals surface area contributed by atoms with Crippen LogP contribution in [0.25, 0.3) is 0 Å². The van der Waals surface area contributed by atoms with Crippen LogP contribution in [0.4, 0.5) is 0 Å². The van der Waals surface area contributed by atoms with Crippen molar-refractivity contribution in [2.24, 2.45) is 5.73 Å². The van der Waals surface area contributed by atoms with Crippen LogP contribution >= 0.6 is 0 Å². The number of piperidine rings is 1. The summed E-state index contributed by atoms with van der Waals surface area (Å²) in [6, 6.07) is 5.85. The van der Waals surface area contributed by atoms with Crippen LogP contribution in [0.2, 0.25) is 0 Å². The number of piperazine rings is 1. The minimum Gasteiger partial charge on any atom is -0.354 e. The average molecular weight is 394 g/mol. The number of hydrogen-bond donors (Lipinski definition) is 2. The third kappa shape index (κ3) is 4.15. The molecule has 2 saturated heterocycles. The maximum atomic E-state index is 13.0. The van der Waals surface area contributed by atoms with Crippen molar-refractivity contribution in [1.82, 2.24) is 14.5 Å². The van der Waals surface area contributed by atoms with E-state index in [1.165, 1.54) is 12.1 Å². The summed E-state index contributed by atoms with van der Waals surface area (Å²) in [7, 11) is -3.83. The molecule has 0 radical (unpaired) electrons. The smallest absolute Gasteiger partial charge is 0.254 e. The number of carbonyl (C=O) groups is 2. The van der Waals surface area contributed by atoms with Gasteiger partial charge in [-0.05, 0) is 44.4 Å². The largest absolute Gasteiger partial charge is 0.354 e. The molecule has 0 saturated carbocycles. The maximum Gasteiger partial charge on any atom is 0.254 e. The number of benzene rings is 1. The highest BCUT2D eigenvalue weighted by Crippen LogP contribution is 2.23. The molecular weight excluding hydrogens is 368 g/mol. The van der Waals surface area contributed by atoms with Gasteiger partial charge >= 0.3 is 0 Å². The van der Waals surface area contributed by atoms with Gasteiger partial charge in [0.2, 0.25) is 15.9 Å². The van der Waals surface area contributed by atoms with Crippen LogP contribution in [0.1, 0.15) is 36.5 Å². The Morgan fingerprint density at radius 1 is 1.30 bits per heavy atom. The van der Waals surface area contributed by atoms with Crippen LogP contribution in [0.5, 0.6) is 0 Å². The predicted octanol–water partition coefficient (Wildman–Crippen LogP) is 0.149. The molecule has 1 aromatic carbocycles. The van der Waals surface area contributed by atoms with E-state index in [0.717, 1.165) is 23.6 Å². The zero-order chi connectivity index (χ0) is 19.6. The number of likely N-dealkylation sites (tertiary alicyclic amines) is 1. The molecule has 2 fully saturated rings. The summed E-state index contributed by atoms with van der Waals surface area (Å²) in [5, 5.41) is 2.61. The predicted molar refractivity (Wildman–Crippen MR) is 101 cm³/mol. The third-order valence-electron chi connectivity index (χ3n) is 5.14. The fourth-order valence-corrected chi connectivity index (χ4v) is 5.12. The van der Waals surface area contributed by atoms with E-state index < -0.39 is 10.0 Å². The molecule has 8 nitrogen and oxygen atoms in total. The van der Waals surface area contributed by atoms with Gasteiger partial charge in [0, 0.05) is 37.3 Å². The molecule has 2 aliphatic heterocycles. The minimum atomic E-state index is -3.83. The van der Waals surface area contributed by atoms with E-state index in [9.17, 15) is 18.0 Å². The topological polar surface area (TPSA) is 113 Å². The molecule has 9 heteroatoms. The monoisotopic (exact) mass is 394 g/mol. The van der Waals surface area contributed by atoms with Gasteiger partial charge in [0.05, 0.1) is 11.4 Å². The van der Waals surface area contributed by atoms with E-state index in [1.807, 2.05) is 6.92 Å². The van der Waals surface area contributed by atoms with Gasteiger partial charge in [0.15, 0.2) is 0 Å². The number of carbonyl (C=O) groups excluding carboxylic acids is 2. The van der Waals surface area contributed by atoms with Gasteiger partial charge in [-0.1, -0.05) is 6.07 Å². The SMILES string of the molecule is CC(N)C1CCCCN1C(=O)c1cccc(S(=O)(=O)N2CCNC(=O)C2)c1. The number of nitrogens with one attached hydrogen (secondary N) is 1. The Bertz CT molecular complexity index is 824. The van der Waals surface area contributed by atoms with Gasteiger partial charge in [-0.2, -0.15) is 4.31 Å². The Morgan fingerprint density at radius 3 is 2.78 bits per heavy atom. The van der Waals surface area contributed by atoms with Crippen molar-refractivity contribution in [3.63, 3.8) is 0 Å². The third-order valence-corrected chi connectivity index (χ3v) is 6.98. The first-order valence-corrected chi connectivity index (χ1v) is 10.7. The quantitative estimate of drug-likeness (QED) is 0.755.